The Kier molecular flexibility index (Phi) is 6.52. The zero-order valence-electron chi connectivity index (χ0n) is 21.7. The van der Waals surface area contributed by atoms with E-state index in [1.165, 1.54) is 16.7 Å². The molecular formula is C32H32Cl2N2O2. The van der Waals surface area contributed by atoms with Crippen molar-refractivity contribution in [1.82, 2.24) is 10.2 Å². The van der Waals surface area contributed by atoms with Gasteiger partial charge in [0.05, 0.1) is 5.41 Å². The Morgan fingerprint density at radius 3 is 2.50 bits per heavy atom. The topological polar surface area (TPSA) is 49.4 Å². The average Bonchev–Trinajstić information content (AvgIpc) is 3.15. The van der Waals surface area contributed by atoms with E-state index in [-0.39, 0.29) is 35.6 Å². The maximum absolute atomic E-state index is 13.4. The second-order valence-electron chi connectivity index (χ2n) is 11.4. The first kappa shape index (κ1) is 25.5. The van der Waals surface area contributed by atoms with Gasteiger partial charge < -0.3 is 10.2 Å². The van der Waals surface area contributed by atoms with Crippen LogP contribution in [-0.4, -0.2) is 29.3 Å². The van der Waals surface area contributed by atoms with Crippen molar-refractivity contribution in [3.8, 4) is 0 Å². The van der Waals surface area contributed by atoms with Gasteiger partial charge in [-0.15, -0.1) is 0 Å². The summed E-state index contributed by atoms with van der Waals surface area (Å²) in [5.74, 6) is 0.501. The highest BCUT2D eigenvalue weighted by Gasteiger charge is 2.57. The summed E-state index contributed by atoms with van der Waals surface area (Å²) in [6.45, 7) is 5.54. The Hall–Kier alpha value is -2.82. The summed E-state index contributed by atoms with van der Waals surface area (Å²) in [6.07, 6.45) is 2.51. The molecule has 0 radical (unpaired) electrons. The second kappa shape index (κ2) is 9.73. The van der Waals surface area contributed by atoms with Crippen LogP contribution in [0.4, 0.5) is 0 Å². The Morgan fingerprint density at radius 1 is 1.03 bits per heavy atom. The number of rotatable bonds is 3. The minimum Gasteiger partial charge on any atom is -0.353 e. The van der Waals surface area contributed by atoms with Gasteiger partial charge in [-0.05, 0) is 84.5 Å². The minimum atomic E-state index is -0.423. The first-order valence-corrected chi connectivity index (χ1v) is 14.2. The number of amides is 2. The highest BCUT2D eigenvalue weighted by atomic mass is 35.5. The van der Waals surface area contributed by atoms with E-state index >= 15 is 0 Å². The lowest BCUT2D eigenvalue weighted by Gasteiger charge is -2.46. The first-order chi connectivity index (χ1) is 18.3. The normalized spacial score (nSPS) is 28.4. The summed E-state index contributed by atoms with van der Waals surface area (Å²) in [5, 5.41) is 4.53. The van der Waals surface area contributed by atoms with E-state index in [0.717, 1.165) is 24.8 Å². The summed E-state index contributed by atoms with van der Waals surface area (Å²) in [4.78, 5) is 28.4. The van der Waals surface area contributed by atoms with E-state index in [1.54, 1.807) is 0 Å². The predicted octanol–water partition coefficient (Wildman–Crippen LogP) is 6.99. The van der Waals surface area contributed by atoms with Crippen molar-refractivity contribution >= 4 is 35.0 Å². The number of hydrogen-bond donors (Lipinski definition) is 1. The minimum absolute atomic E-state index is 0.0117. The van der Waals surface area contributed by atoms with Crippen LogP contribution in [-0.2, 0) is 17.8 Å². The van der Waals surface area contributed by atoms with Crippen molar-refractivity contribution in [3.05, 3.63) is 105 Å². The van der Waals surface area contributed by atoms with Gasteiger partial charge >= 0.3 is 0 Å². The van der Waals surface area contributed by atoms with Gasteiger partial charge in [0.1, 0.15) is 0 Å². The first-order valence-electron chi connectivity index (χ1n) is 13.5. The van der Waals surface area contributed by atoms with Gasteiger partial charge in [-0.25, -0.2) is 0 Å². The fourth-order valence-electron chi connectivity index (χ4n) is 7.32. The van der Waals surface area contributed by atoms with Crippen LogP contribution in [0.2, 0.25) is 10.0 Å². The fourth-order valence-corrected chi connectivity index (χ4v) is 7.77. The Labute approximate surface area is 234 Å². The lowest BCUT2D eigenvalue weighted by molar-refractivity contribution is -0.129. The van der Waals surface area contributed by atoms with E-state index in [4.69, 9.17) is 23.2 Å². The van der Waals surface area contributed by atoms with Crippen LogP contribution in [0.15, 0.2) is 66.7 Å². The molecule has 0 bridgehead atoms. The quantitative estimate of drug-likeness (QED) is 0.384. The second-order valence-corrected chi connectivity index (χ2v) is 12.3. The van der Waals surface area contributed by atoms with Crippen molar-refractivity contribution in [2.75, 3.05) is 6.54 Å². The van der Waals surface area contributed by atoms with Crippen molar-refractivity contribution < 1.29 is 9.59 Å². The SMILES string of the molecule is C[C@H]1NC(=O)[C@]2(C)CC[C@@H](c3ccc(C(=O)N4CCc5ccccc5C4)cc3Cl)[C@H](c3ccc(Cl)cc3)[C@H]12. The maximum Gasteiger partial charge on any atom is 0.254 e. The summed E-state index contributed by atoms with van der Waals surface area (Å²) in [7, 11) is 0. The van der Waals surface area contributed by atoms with Crippen molar-refractivity contribution in [3.63, 3.8) is 0 Å². The third-order valence-corrected chi connectivity index (χ3v) is 9.85. The summed E-state index contributed by atoms with van der Waals surface area (Å²) in [6, 6.07) is 22.2. The van der Waals surface area contributed by atoms with E-state index in [2.05, 4.69) is 49.5 Å². The molecule has 1 N–H and O–H groups in total. The van der Waals surface area contributed by atoms with E-state index < -0.39 is 5.41 Å². The summed E-state index contributed by atoms with van der Waals surface area (Å²) < 4.78 is 0. The molecule has 3 aromatic carbocycles. The molecule has 4 nitrogen and oxygen atoms in total. The number of carbonyl (C=O) groups excluding carboxylic acids is 2. The Bertz CT molecular complexity index is 1400. The molecule has 6 heteroatoms. The van der Waals surface area contributed by atoms with Crippen molar-refractivity contribution in [2.24, 2.45) is 11.3 Å². The number of hydrogen-bond acceptors (Lipinski definition) is 2. The summed E-state index contributed by atoms with van der Waals surface area (Å²) in [5.41, 5.74) is 4.93. The molecule has 196 valence electrons. The highest BCUT2D eigenvalue weighted by molar-refractivity contribution is 6.32. The molecule has 3 aromatic rings. The molecule has 2 amide bonds. The van der Waals surface area contributed by atoms with Gasteiger partial charge in [0.15, 0.2) is 0 Å². The Balaban J connectivity index is 1.32. The van der Waals surface area contributed by atoms with E-state index in [0.29, 0.717) is 28.7 Å². The van der Waals surface area contributed by atoms with Gasteiger partial charge in [-0.3, -0.25) is 9.59 Å². The number of nitrogens with one attached hydrogen (secondary N) is 1. The molecule has 0 unspecified atom stereocenters. The van der Waals surface area contributed by atoms with Gasteiger partial charge in [0.2, 0.25) is 5.91 Å². The predicted molar refractivity (Wildman–Crippen MR) is 152 cm³/mol. The van der Waals surface area contributed by atoms with Crippen LogP contribution in [0.3, 0.4) is 0 Å². The number of nitrogens with zero attached hydrogens (tertiary/aromatic N) is 1. The molecular weight excluding hydrogens is 515 g/mol. The lowest BCUT2D eigenvalue weighted by atomic mass is 9.56. The average molecular weight is 548 g/mol. The molecule has 0 spiro atoms. The molecule has 2 heterocycles. The van der Waals surface area contributed by atoms with Gasteiger partial charge in [0, 0.05) is 40.7 Å². The molecule has 3 aliphatic rings. The zero-order chi connectivity index (χ0) is 26.6. The van der Waals surface area contributed by atoms with Crippen LogP contribution in [0.5, 0.6) is 0 Å². The fraction of sp³-hybridized carbons (Fsp3) is 0.375. The Morgan fingerprint density at radius 2 is 1.76 bits per heavy atom. The molecule has 1 saturated carbocycles. The van der Waals surface area contributed by atoms with Crippen molar-refractivity contribution in [2.45, 2.75) is 57.5 Å². The lowest BCUT2D eigenvalue weighted by Crippen LogP contribution is -2.42. The van der Waals surface area contributed by atoms with Crippen LogP contribution in [0, 0.1) is 11.3 Å². The third-order valence-electron chi connectivity index (χ3n) is 9.27. The molecule has 0 aromatic heterocycles. The molecule has 2 aliphatic heterocycles. The van der Waals surface area contributed by atoms with Crippen LogP contribution < -0.4 is 5.32 Å². The number of benzene rings is 3. The molecule has 1 saturated heterocycles. The van der Waals surface area contributed by atoms with Gasteiger partial charge in [-0.1, -0.05) is 72.6 Å². The van der Waals surface area contributed by atoms with Crippen molar-refractivity contribution in [1.29, 1.82) is 0 Å². The van der Waals surface area contributed by atoms with Gasteiger partial charge in [-0.2, -0.15) is 0 Å². The van der Waals surface area contributed by atoms with Crippen LogP contribution >= 0.6 is 23.2 Å². The van der Waals surface area contributed by atoms with Gasteiger partial charge in [0.25, 0.3) is 5.91 Å². The molecule has 2 fully saturated rings. The van der Waals surface area contributed by atoms with E-state index in [1.807, 2.05) is 41.3 Å². The third kappa shape index (κ3) is 4.23. The highest BCUT2D eigenvalue weighted by Crippen LogP contribution is 2.59. The van der Waals surface area contributed by atoms with E-state index in [9.17, 15) is 9.59 Å². The van der Waals surface area contributed by atoms with Crippen LogP contribution in [0.25, 0.3) is 0 Å². The monoisotopic (exact) mass is 546 g/mol. The smallest absolute Gasteiger partial charge is 0.254 e. The molecule has 5 atom stereocenters. The number of halogens is 2. The number of carbonyl (C=O) groups is 2. The molecule has 38 heavy (non-hydrogen) atoms. The molecule has 6 rings (SSSR count). The largest absolute Gasteiger partial charge is 0.353 e. The van der Waals surface area contributed by atoms with Crippen LogP contribution in [0.1, 0.15) is 71.1 Å². The molecule has 1 aliphatic carbocycles. The number of fused-ring (bicyclic) bond motifs is 2. The zero-order valence-corrected chi connectivity index (χ0v) is 23.2. The summed E-state index contributed by atoms with van der Waals surface area (Å²) >= 11 is 13.2. The maximum atomic E-state index is 13.4. The standard InChI is InChI=1S/C32H32Cl2N2O2/c1-19-29-28(21-7-10-24(33)11-8-21)26(13-15-32(29,2)31(38)35-19)25-12-9-22(17-27(25)34)30(37)36-16-14-20-5-3-4-6-23(20)18-36/h3-12,17,19,26,28-29H,13-16,18H2,1-2H3,(H,35,38)/t19-,26+,28+,29+,32-/m1/s1.